The van der Waals surface area contributed by atoms with Gasteiger partial charge in [-0.05, 0) is 35.4 Å². The lowest BCUT2D eigenvalue weighted by molar-refractivity contribution is 0.0556. The highest BCUT2D eigenvalue weighted by Gasteiger charge is 2.10. The number of fused-ring (bicyclic) bond motifs is 2. The first kappa shape index (κ1) is 29.1. The van der Waals surface area contributed by atoms with Gasteiger partial charge in [0.25, 0.3) is 0 Å². The smallest absolute Gasteiger partial charge is 0.142 e. The molecule has 8 nitrogen and oxygen atoms in total. The lowest BCUT2D eigenvalue weighted by Crippen LogP contribution is -2.17. The predicted octanol–water partition coefficient (Wildman–Crippen LogP) is 6.17. The molecule has 5 rings (SSSR count). The van der Waals surface area contributed by atoms with Crippen LogP contribution in [-0.2, 0) is 22.7 Å². The quantitative estimate of drug-likeness (QED) is 0.285. The van der Waals surface area contributed by atoms with Crippen LogP contribution in [0.3, 0.4) is 0 Å². The summed E-state index contributed by atoms with van der Waals surface area (Å²) >= 11 is 0. The molecule has 0 saturated heterocycles. The zero-order chi connectivity index (χ0) is 28.7. The van der Waals surface area contributed by atoms with E-state index >= 15 is 0 Å². The minimum Gasteiger partial charge on any atom is -0.489 e. The Kier molecular flexibility index (Phi) is 11.2. The monoisotopic (exact) mass is 570 g/mol. The summed E-state index contributed by atoms with van der Waals surface area (Å²) in [6.07, 6.45) is 0. The summed E-state index contributed by atoms with van der Waals surface area (Å²) in [4.78, 5) is 0. The Morgan fingerprint density at radius 1 is 0.500 bits per heavy atom. The molecule has 0 saturated carbocycles. The second kappa shape index (κ2) is 16.1. The first-order valence-electron chi connectivity index (χ1n) is 14.3. The summed E-state index contributed by atoms with van der Waals surface area (Å²) in [5, 5.41) is 6.83. The zero-order valence-electron chi connectivity index (χ0n) is 23.8. The van der Waals surface area contributed by atoms with Gasteiger partial charge in [-0.2, -0.15) is 0 Å². The fraction of sp³-hybridized carbons (Fsp3) is 0.294. The van der Waals surface area contributed by atoms with Crippen molar-refractivity contribution in [1.29, 1.82) is 0 Å². The normalized spacial score (nSPS) is 14.7. The SMILES string of the molecule is c1ccc(COc2ccc3c(c2)NCCOCCOCCNc2cc(OCc4ccccc4)ccc2OCCO3)cc1. The minimum atomic E-state index is 0.365. The highest BCUT2D eigenvalue weighted by molar-refractivity contribution is 5.60. The fourth-order valence-electron chi connectivity index (χ4n) is 4.35. The van der Waals surface area contributed by atoms with Crippen LogP contribution in [0.2, 0.25) is 0 Å². The minimum absolute atomic E-state index is 0.365. The van der Waals surface area contributed by atoms with Crippen molar-refractivity contribution in [3.05, 3.63) is 108 Å². The van der Waals surface area contributed by atoms with E-state index in [4.69, 9.17) is 28.4 Å². The van der Waals surface area contributed by atoms with Gasteiger partial charge in [0.2, 0.25) is 0 Å². The van der Waals surface area contributed by atoms with E-state index in [-0.39, 0.29) is 0 Å². The third-order valence-electron chi connectivity index (χ3n) is 6.49. The molecule has 0 bridgehead atoms. The Hall–Kier alpha value is -4.40. The number of hydrogen-bond donors (Lipinski definition) is 2. The second-order valence-corrected chi connectivity index (χ2v) is 9.64. The molecule has 1 heterocycles. The van der Waals surface area contributed by atoms with Gasteiger partial charge in [0, 0.05) is 25.2 Å². The third-order valence-corrected chi connectivity index (χ3v) is 6.49. The third kappa shape index (κ3) is 9.33. The van der Waals surface area contributed by atoms with Crippen LogP contribution in [0.4, 0.5) is 11.4 Å². The molecule has 0 spiro atoms. The van der Waals surface area contributed by atoms with Crippen LogP contribution in [0.5, 0.6) is 23.0 Å². The first-order valence-corrected chi connectivity index (χ1v) is 14.3. The molecule has 0 fully saturated rings. The van der Waals surface area contributed by atoms with Gasteiger partial charge in [-0.3, -0.25) is 0 Å². The summed E-state index contributed by atoms with van der Waals surface area (Å²) in [5.74, 6) is 2.95. The Morgan fingerprint density at radius 2 is 0.952 bits per heavy atom. The van der Waals surface area contributed by atoms with E-state index in [1.807, 2.05) is 97.1 Å². The molecule has 220 valence electrons. The second-order valence-electron chi connectivity index (χ2n) is 9.64. The summed E-state index contributed by atoms with van der Waals surface area (Å²) in [7, 11) is 0. The molecule has 1 aliphatic heterocycles. The van der Waals surface area contributed by atoms with Crippen molar-refractivity contribution < 1.29 is 28.4 Å². The highest BCUT2D eigenvalue weighted by Crippen LogP contribution is 2.31. The van der Waals surface area contributed by atoms with Gasteiger partial charge in [0.1, 0.15) is 49.4 Å². The van der Waals surface area contributed by atoms with Crippen LogP contribution in [0.1, 0.15) is 11.1 Å². The molecule has 8 heteroatoms. The van der Waals surface area contributed by atoms with Crippen molar-refractivity contribution in [1.82, 2.24) is 0 Å². The van der Waals surface area contributed by atoms with Gasteiger partial charge >= 0.3 is 0 Å². The Labute approximate surface area is 247 Å². The number of nitrogens with one attached hydrogen (secondary N) is 2. The van der Waals surface area contributed by atoms with Crippen molar-refractivity contribution in [2.24, 2.45) is 0 Å². The predicted molar refractivity (Wildman–Crippen MR) is 164 cm³/mol. The summed E-state index contributed by atoms with van der Waals surface area (Å²) in [6.45, 7) is 5.07. The van der Waals surface area contributed by atoms with Crippen LogP contribution >= 0.6 is 0 Å². The number of rotatable bonds is 6. The molecule has 0 unspecified atom stereocenters. The van der Waals surface area contributed by atoms with E-state index in [2.05, 4.69) is 10.6 Å². The van der Waals surface area contributed by atoms with Crippen LogP contribution < -0.4 is 29.6 Å². The molecule has 0 atom stereocenters. The first-order chi connectivity index (χ1) is 20.8. The molecule has 4 aromatic carbocycles. The van der Waals surface area contributed by atoms with Crippen molar-refractivity contribution in [3.8, 4) is 23.0 Å². The van der Waals surface area contributed by atoms with E-state index in [0.29, 0.717) is 65.9 Å². The number of ether oxygens (including phenoxy) is 6. The Bertz CT molecular complexity index is 1250. The lowest BCUT2D eigenvalue weighted by Gasteiger charge is -2.18. The van der Waals surface area contributed by atoms with Gasteiger partial charge in [-0.1, -0.05) is 60.7 Å². The Morgan fingerprint density at radius 3 is 1.40 bits per heavy atom. The molecule has 0 aromatic heterocycles. The van der Waals surface area contributed by atoms with Crippen molar-refractivity contribution in [3.63, 3.8) is 0 Å². The van der Waals surface area contributed by atoms with Crippen molar-refractivity contribution in [2.45, 2.75) is 13.2 Å². The summed E-state index contributed by atoms with van der Waals surface area (Å²) < 4.78 is 35.8. The standard InChI is InChI=1S/C34H38N2O6/c1-3-7-27(8-4-1)25-41-29-11-13-33-31(23-29)35-15-17-37-19-20-38-18-16-36-32-24-30(12-14-34(32)40-22-21-39-33)42-26-28-9-5-2-6-10-28/h1-14,23-24,35-36H,15-22,25-26H2. The molecule has 2 N–H and O–H groups in total. The largest absolute Gasteiger partial charge is 0.489 e. The van der Waals surface area contributed by atoms with E-state index in [0.717, 1.165) is 45.5 Å². The average molecular weight is 571 g/mol. The summed E-state index contributed by atoms with van der Waals surface area (Å²) in [5.41, 5.74) is 3.89. The topological polar surface area (TPSA) is 79.4 Å². The maximum atomic E-state index is 6.13. The maximum Gasteiger partial charge on any atom is 0.142 e. The lowest BCUT2D eigenvalue weighted by atomic mass is 10.2. The molecular formula is C34H38N2O6. The van der Waals surface area contributed by atoms with Gasteiger partial charge < -0.3 is 39.1 Å². The van der Waals surface area contributed by atoms with Gasteiger partial charge in [-0.25, -0.2) is 0 Å². The Balaban J connectivity index is 1.23. The molecule has 42 heavy (non-hydrogen) atoms. The highest BCUT2D eigenvalue weighted by atomic mass is 16.5. The van der Waals surface area contributed by atoms with E-state index in [1.165, 1.54) is 0 Å². The van der Waals surface area contributed by atoms with Crippen LogP contribution in [-0.4, -0.2) is 52.7 Å². The van der Waals surface area contributed by atoms with Crippen LogP contribution in [0, 0.1) is 0 Å². The maximum absolute atomic E-state index is 6.13. The summed E-state index contributed by atoms with van der Waals surface area (Å²) in [6, 6.07) is 31.8. The zero-order valence-corrected chi connectivity index (χ0v) is 23.8. The molecule has 0 radical (unpaired) electrons. The molecule has 4 aromatic rings. The van der Waals surface area contributed by atoms with Crippen molar-refractivity contribution >= 4 is 11.4 Å². The molecule has 0 aliphatic carbocycles. The van der Waals surface area contributed by atoms with Crippen LogP contribution in [0.15, 0.2) is 97.1 Å². The van der Waals surface area contributed by atoms with Crippen molar-refractivity contribution in [2.75, 3.05) is 63.4 Å². The van der Waals surface area contributed by atoms with Gasteiger partial charge in [0.15, 0.2) is 0 Å². The van der Waals surface area contributed by atoms with Gasteiger partial charge in [-0.15, -0.1) is 0 Å². The van der Waals surface area contributed by atoms with E-state index in [9.17, 15) is 0 Å². The average Bonchev–Trinajstić information content (AvgIpc) is 3.03. The number of anilines is 2. The molecule has 0 amide bonds. The molecular weight excluding hydrogens is 532 g/mol. The fourth-order valence-corrected chi connectivity index (χ4v) is 4.35. The molecule has 1 aliphatic rings. The number of hydrogen-bond acceptors (Lipinski definition) is 8. The number of benzene rings is 4. The van der Waals surface area contributed by atoms with E-state index < -0.39 is 0 Å². The van der Waals surface area contributed by atoms with Gasteiger partial charge in [0.05, 0.1) is 37.8 Å². The van der Waals surface area contributed by atoms with E-state index in [1.54, 1.807) is 0 Å². The van der Waals surface area contributed by atoms with Crippen LogP contribution in [0.25, 0.3) is 0 Å².